The first kappa shape index (κ1) is 23.7. The Balaban J connectivity index is 1.70. The molecule has 3 heterocycles. The van der Waals surface area contributed by atoms with Gasteiger partial charge in [-0.25, -0.2) is 9.98 Å². The van der Waals surface area contributed by atoms with Crippen molar-refractivity contribution in [1.29, 1.82) is 0 Å². The average Bonchev–Trinajstić information content (AvgIpc) is 3.00. The Labute approximate surface area is 196 Å². The molecule has 1 fully saturated rings. The number of methoxy groups -OCH3 is 2. The van der Waals surface area contributed by atoms with Gasteiger partial charge in [-0.1, -0.05) is 32.0 Å². The summed E-state index contributed by atoms with van der Waals surface area (Å²) >= 11 is 0. The van der Waals surface area contributed by atoms with Crippen LogP contribution in [0.3, 0.4) is 0 Å². The zero-order valence-electron chi connectivity index (χ0n) is 20.9. The van der Waals surface area contributed by atoms with Crippen LogP contribution in [-0.2, 0) is 25.2 Å². The standard InChI is InChI=1S/C25H34BN3O4/c1-15(2)20-23(31-8)28-19(22(29-20)30-7)14-16-11-12-18(17-10-9-13-27-21(16)17)26-32-24(3,4)25(5,6)33-26/h9-13,15,19-20H,14H2,1-8H3/t19-,20?/m0/s1. The van der Waals surface area contributed by atoms with E-state index in [-0.39, 0.29) is 18.0 Å². The van der Waals surface area contributed by atoms with Gasteiger partial charge in [0.05, 0.1) is 30.9 Å². The minimum absolute atomic E-state index is 0.137. The smallest absolute Gasteiger partial charge is 0.483 e. The summed E-state index contributed by atoms with van der Waals surface area (Å²) in [6.45, 7) is 12.4. The molecule has 0 amide bonds. The van der Waals surface area contributed by atoms with Crippen LogP contribution in [0.4, 0.5) is 0 Å². The Morgan fingerprint density at radius 2 is 1.64 bits per heavy atom. The first-order chi connectivity index (χ1) is 15.6. The molecular weight excluding hydrogens is 417 g/mol. The molecule has 0 aliphatic carbocycles. The van der Waals surface area contributed by atoms with E-state index in [1.165, 1.54) is 0 Å². The molecule has 7 nitrogen and oxygen atoms in total. The second-order valence-corrected chi connectivity index (χ2v) is 10.1. The highest BCUT2D eigenvalue weighted by Crippen LogP contribution is 2.37. The zero-order valence-corrected chi connectivity index (χ0v) is 20.9. The topological polar surface area (TPSA) is 74.5 Å². The maximum absolute atomic E-state index is 6.32. The third-order valence-electron chi connectivity index (χ3n) is 6.94. The number of aromatic nitrogens is 1. The van der Waals surface area contributed by atoms with Gasteiger partial charge in [-0.05, 0) is 50.7 Å². The van der Waals surface area contributed by atoms with Crippen molar-refractivity contribution in [2.24, 2.45) is 15.9 Å². The van der Waals surface area contributed by atoms with Crippen LogP contribution in [0, 0.1) is 5.92 Å². The molecule has 2 aliphatic rings. The summed E-state index contributed by atoms with van der Waals surface area (Å²) in [6.07, 6.45) is 2.41. The van der Waals surface area contributed by atoms with E-state index < -0.39 is 18.3 Å². The molecule has 0 saturated carbocycles. The van der Waals surface area contributed by atoms with Gasteiger partial charge >= 0.3 is 7.12 Å². The molecular formula is C25H34BN3O4. The van der Waals surface area contributed by atoms with Crippen LogP contribution < -0.4 is 5.46 Å². The Bertz CT molecular complexity index is 1080. The third kappa shape index (κ3) is 4.26. The maximum atomic E-state index is 6.32. The van der Waals surface area contributed by atoms with Crippen LogP contribution >= 0.6 is 0 Å². The normalized spacial score (nSPS) is 24.1. The summed E-state index contributed by atoms with van der Waals surface area (Å²) in [6, 6.07) is 7.76. The molecule has 2 atom stereocenters. The molecule has 2 aromatic rings. The van der Waals surface area contributed by atoms with Crippen LogP contribution in [0.2, 0.25) is 0 Å². The summed E-state index contributed by atoms with van der Waals surface area (Å²) in [7, 11) is 2.84. The molecule has 1 aromatic carbocycles. The van der Waals surface area contributed by atoms with Crippen molar-refractivity contribution in [1.82, 2.24) is 4.98 Å². The number of aliphatic imine (C=N–C) groups is 2. The van der Waals surface area contributed by atoms with Gasteiger partial charge in [0.25, 0.3) is 0 Å². The monoisotopic (exact) mass is 451 g/mol. The van der Waals surface area contributed by atoms with E-state index in [1.54, 1.807) is 14.2 Å². The van der Waals surface area contributed by atoms with Crippen molar-refractivity contribution >= 4 is 35.3 Å². The molecule has 33 heavy (non-hydrogen) atoms. The van der Waals surface area contributed by atoms with Crippen LogP contribution in [0.15, 0.2) is 40.4 Å². The number of hydrogen-bond acceptors (Lipinski definition) is 7. The molecule has 176 valence electrons. The molecule has 1 aromatic heterocycles. The van der Waals surface area contributed by atoms with E-state index in [9.17, 15) is 0 Å². The van der Waals surface area contributed by atoms with Crippen LogP contribution in [0.5, 0.6) is 0 Å². The Kier molecular flexibility index (Phi) is 6.27. The summed E-state index contributed by atoms with van der Waals surface area (Å²) < 4.78 is 23.9. The summed E-state index contributed by atoms with van der Waals surface area (Å²) in [5, 5.41) is 1.01. The fourth-order valence-corrected chi connectivity index (χ4v) is 4.29. The molecule has 0 spiro atoms. The molecule has 0 bridgehead atoms. The first-order valence-corrected chi connectivity index (χ1v) is 11.5. The fraction of sp³-hybridized carbons (Fsp3) is 0.560. The molecule has 1 saturated heterocycles. The number of rotatable bonds is 4. The largest absolute Gasteiger partial charge is 0.495 e. The summed E-state index contributed by atoms with van der Waals surface area (Å²) in [4.78, 5) is 14.4. The number of pyridine rings is 1. The van der Waals surface area contributed by atoms with Gasteiger partial charge in [0.1, 0.15) is 12.1 Å². The fourth-order valence-electron chi connectivity index (χ4n) is 4.29. The highest BCUT2D eigenvalue weighted by Gasteiger charge is 2.52. The van der Waals surface area contributed by atoms with Crippen LogP contribution in [0.1, 0.15) is 47.1 Å². The molecule has 0 radical (unpaired) electrons. The predicted molar refractivity (Wildman–Crippen MR) is 132 cm³/mol. The lowest BCUT2D eigenvalue weighted by atomic mass is 9.76. The Hall–Kier alpha value is -2.45. The van der Waals surface area contributed by atoms with E-state index in [0.29, 0.717) is 18.2 Å². The molecule has 1 unspecified atom stereocenters. The second-order valence-electron chi connectivity index (χ2n) is 10.1. The Morgan fingerprint density at radius 1 is 0.970 bits per heavy atom. The lowest BCUT2D eigenvalue weighted by Crippen LogP contribution is -2.41. The van der Waals surface area contributed by atoms with Gasteiger partial charge in [-0.15, -0.1) is 0 Å². The van der Waals surface area contributed by atoms with Crippen molar-refractivity contribution < 1.29 is 18.8 Å². The Morgan fingerprint density at radius 3 is 2.24 bits per heavy atom. The van der Waals surface area contributed by atoms with E-state index in [1.807, 2.05) is 12.3 Å². The summed E-state index contributed by atoms with van der Waals surface area (Å²) in [5.74, 6) is 1.52. The number of ether oxygens (including phenoxy) is 2. The number of benzene rings is 1. The average molecular weight is 451 g/mol. The first-order valence-electron chi connectivity index (χ1n) is 11.5. The molecule has 4 rings (SSSR count). The number of fused-ring (bicyclic) bond motifs is 1. The molecule has 8 heteroatoms. The molecule has 2 aliphatic heterocycles. The lowest BCUT2D eigenvalue weighted by Gasteiger charge is -2.32. The van der Waals surface area contributed by atoms with E-state index in [2.05, 4.69) is 59.7 Å². The summed E-state index contributed by atoms with van der Waals surface area (Å²) in [5.41, 5.74) is 2.12. The number of nitrogens with zero attached hydrogens (tertiary/aromatic N) is 3. The maximum Gasteiger partial charge on any atom is 0.495 e. The van der Waals surface area contributed by atoms with Crippen molar-refractivity contribution in [2.45, 2.75) is 71.2 Å². The van der Waals surface area contributed by atoms with Gasteiger partial charge in [0.15, 0.2) is 0 Å². The SMILES string of the molecule is COC1=N[C@@H](Cc2ccc(B3OC(C)(C)C(C)(C)O3)c3cccnc23)C(OC)=NC1C(C)C. The van der Waals surface area contributed by atoms with Gasteiger partial charge in [-0.3, -0.25) is 4.98 Å². The number of hydrogen-bond donors (Lipinski definition) is 0. The van der Waals surface area contributed by atoms with Crippen molar-refractivity contribution in [3.63, 3.8) is 0 Å². The van der Waals surface area contributed by atoms with E-state index in [4.69, 9.17) is 33.8 Å². The highest BCUT2D eigenvalue weighted by molar-refractivity contribution is 6.65. The third-order valence-corrected chi connectivity index (χ3v) is 6.94. The van der Waals surface area contributed by atoms with Crippen molar-refractivity contribution in [3.8, 4) is 0 Å². The van der Waals surface area contributed by atoms with Crippen molar-refractivity contribution in [2.75, 3.05) is 14.2 Å². The van der Waals surface area contributed by atoms with Gasteiger partial charge in [0, 0.05) is 18.0 Å². The van der Waals surface area contributed by atoms with Crippen LogP contribution in [0.25, 0.3) is 10.9 Å². The predicted octanol–water partition coefficient (Wildman–Crippen LogP) is 3.57. The second kappa shape index (κ2) is 8.72. The van der Waals surface area contributed by atoms with Gasteiger partial charge in [0.2, 0.25) is 11.8 Å². The highest BCUT2D eigenvalue weighted by atomic mass is 16.7. The lowest BCUT2D eigenvalue weighted by molar-refractivity contribution is 0.00578. The zero-order chi connectivity index (χ0) is 24.0. The van der Waals surface area contributed by atoms with Crippen molar-refractivity contribution in [3.05, 3.63) is 36.0 Å². The minimum Gasteiger partial charge on any atom is -0.483 e. The quantitative estimate of drug-likeness (QED) is 0.665. The van der Waals surface area contributed by atoms with E-state index in [0.717, 1.165) is 21.9 Å². The van der Waals surface area contributed by atoms with Crippen LogP contribution in [-0.4, -0.2) is 61.4 Å². The van der Waals surface area contributed by atoms with Gasteiger partial charge in [-0.2, -0.15) is 0 Å². The minimum atomic E-state index is -0.452. The van der Waals surface area contributed by atoms with Gasteiger partial charge < -0.3 is 18.8 Å². The molecule has 0 N–H and O–H groups in total. The van der Waals surface area contributed by atoms with E-state index >= 15 is 0 Å².